The van der Waals surface area contributed by atoms with E-state index in [4.69, 9.17) is 4.74 Å². The number of aromatic carboxylic acids is 1. The molecule has 2 aromatic carbocycles. The van der Waals surface area contributed by atoms with Crippen LogP contribution >= 0.6 is 11.3 Å². The van der Waals surface area contributed by atoms with E-state index in [0.717, 1.165) is 0 Å². The van der Waals surface area contributed by atoms with Gasteiger partial charge in [-0.15, -0.1) is 11.3 Å². The molecule has 1 N–H and O–H groups in total. The molecule has 0 fully saturated rings. The van der Waals surface area contributed by atoms with Crippen LogP contribution in [0, 0.1) is 0 Å². The van der Waals surface area contributed by atoms with Gasteiger partial charge in [0.05, 0.1) is 28.1 Å². The second kappa shape index (κ2) is 7.27. The molecule has 1 aromatic heterocycles. The molecule has 0 atom stereocenters. The monoisotopic (exact) mass is 389 g/mol. The van der Waals surface area contributed by atoms with Crippen molar-refractivity contribution in [2.24, 2.45) is 0 Å². The highest BCUT2D eigenvalue weighted by Crippen LogP contribution is 2.39. The standard InChI is InChI=1S/C18H15NO5S2/c1-24-17-14(18(20)21)8-7-12(16(17)15-9-19-11-25-15)10-26(22,23)13-5-3-2-4-6-13/h2-9,11H,10H2,1H3,(H,20,21). The average molecular weight is 389 g/mol. The Hall–Kier alpha value is -2.71. The van der Waals surface area contributed by atoms with Gasteiger partial charge < -0.3 is 9.84 Å². The number of carboxylic acid groups (broad SMARTS) is 1. The third-order valence-electron chi connectivity index (χ3n) is 3.81. The smallest absolute Gasteiger partial charge is 0.339 e. The van der Waals surface area contributed by atoms with Crippen LogP contribution in [0.4, 0.5) is 0 Å². The van der Waals surface area contributed by atoms with Crippen molar-refractivity contribution in [1.29, 1.82) is 0 Å². The minimum Gasteiger partial charge on any atom is -0.495 e. The summed E-state index contributed by atoms with van der Waals surface area (Å²) >= 11 is 1.28. The topological polar surface area (TPSA) is 93.6 Å². The number of rotatable bonds is 6. The molecule has 1 heterocycles. The Kier molecular flexibility index (Phi) is 5.06. The molecule has 0 spiro atoms. The highest BCUT2D eigenvalue weighted by molar-refractivity contribution is 7.90. The van der Waals surface area contributed by atoms with Crippen LogP contribution in [-0.4, -0.2) is 31.6 Å². The van der Waals surface area contributed by atoms with E-state index in [0.29, 0.717) is 16.0 Å². The first kappa shape index (κ1) is 18.1. The van der Waals surface area contributed by atoms with Crippen molar-refractivity contribution in [2.45, 2.75) is 10.6 Å². The van der Waals surface area contributed by atoms with Gasteiger partial charge in [0.25, 0.3) is 0 Å². The lowest BCUT2D eigenvalue weighted by Gasteiger charge is -2.15. The van der Waals surface area contributed by atoms with Crippen LogP contribution in [0.1, 0.15) is 15.9 Å². The van der Waals surface area contributed by atoms with Gasteiger partial charge in [-0.2, -0.15) is 0 Å². The Balaban J connectivity index is 2.18. The first-order valence-electron chi connectivity index (χ1n) is 7.54. The lowest BCUT2D eigenvalue weighted by molar-refractivity contribution is 0.0693. The number of carbonyl (C=O) groups is 1. The summed E-state index contributed by atoms with van der Waals surface area (Å²) in [7, 11) is -2.24. The zero-order valence-electron chi connectivity index (χ0n) is 13.7. The molecular weight excluding hydrogens is 374 g/mol. The number of nitrogens with zero attached hydrogens (tertiary/aromatic N) is 1. The number of aromatic nitrogens is 1. The highest BCUT2D eigenvalue weighted by Gasteiger charge is 2.24. The summed E-state index contributed by atoms with van der Waals surface area (Å²) in [5, 5.41) is 9.41. The van der Waals surface area contributed by atoms with Crippen LogP contribution in [0.15, 0.2) is 59.1 Å². The second-order valence-electron chi connectivity index (χ2n) is 5.42. The molecule has 0 aliphatic rings. The first-order valence-corrected chi connectivity index (χ1v) is 10.1. The van der Waals surface area contributed by atoms with Crippen molar-refractivity contribution < 1.29 is 23.1 Å². The predicted molar refractivity (Wildman–Crippen MR) is 98.4 cm³/mol. The third kappa shape index (κ3) is 3.47. The summed E-state index contributed by atoms with van der Waals surface area (Å²) in [6.07, 6.45) is 1.56. The number of ether oxygens (including phenoxy) is 1. The van der Waals surface area contributed by atoms with E-state index in [1.807, 2.05) is 0 Å². The van der Waals surface area contributed by atoms with Gasteiger partial charge in [0.2, 0.25) is 0 Å². The zero-order chi connectivity index (χ0) is 18.7. The maximum absolute atomic E-state index is 12.8. The van der Waals surface area contributed by atoms with E-state index in [2.05, 4.69) is 4.98 Å². The molecule has 0 amide bonds. The molecule has 8 heteroatoms. The Morgan fingerprint density at radius 2 is 1.92 bits per heavy atom. The molecular formula is C18H15NO5S2. The summed E-state index contributed by atoms with van der Waals surface area (Å²) in [5.74, 6) is -1.30. The Morgan fingerprint density at radius 3 is 2.50 bits per heavy atom. The largest absolute Gasteiger partial charge is 0.495 e. The third-order valence-corrected chi connectivity index (χ3v) is 6.28. The van der Waals surface area contributed by atoms with E-state index in [1.165, 1.54) is 42.7 Å². The Bertz CT molecular complexity index is 1030. The number of benzene rings is 2. The van der Waals surface area contributed by atoms with Crippen molar-refractivity contribution in [2.75, 3.05) is 7.11 Å². The quantitative estimate of drug-likeness (QED) is 0.694. The number of thiazole rings is 1. The van der Waals surface area contributed by atoms with Crippen LogP contribution in [0.25, 0.3) is 10.4 Å². The van der Waals surface area contributed by atoms with Crippen molar-refractivity contribution in [3.8, 4) is 16.2 Å². The fourth-order valence-electron chi connectivity index (χ4n) is 2.65. The summed E-state index contributed by atoms with van der Waals surface area (Å²) in [6.45, 7) is 0. The van der Waals surface area contributed by atoms with Crippen molar-refractivity contribution >= 4 is 27.1 Å². The van der Waals surface area contributed by atoms with Gasteiger partial charge in [-0.3, -0.25) is 4.98 Å². The SMILES string of the molecule is COc1c(C(=O)O)ccc(CS(=O)(=O)c2ccccc2)c1-c1cncs1. The van der Waals surface area contributed by atoms with E-state index in [9.17, 15) is 18.3 Å². The fraction of sp³-hybridized carbons (Fsp3) is 0.111. The van der Waals surface area contributed by atoms with E-state index in [1.54, 1.807) is 29.9 Å². The van der Waals surface area contributed by atoms with Crippen LogP contribution in [-0.2, 0) is 15.6 Å². The summed E-state index contributed by atoms with van der Waals surface area (Å²) in [5.41, 5.74) is 2.46. The minimum absolute atomic E-state index is 0.0308. The van der Waals surface area contributed by atoms with Crippen LogP contribution in [0.2, 0.25) is 0 Å². The lowest BCUT2D eigenvalue weighted by atomic mass is 10.0. The van der Waals surface area contributed by atoms with E-state index in [-0.39, 0.29) is 22.0 Å². The second-order valence-corrected chi connectivity index (χ2v) is 8.30. The van der Waals surface area contributed by atoms with Gasteiger partial charge in [-0.1, -0.05) is 24.3 Å². The molecule has 0 radical (unpaired) electrons. The molecule has 134 valence electrons. The summed E-state index contributed by atoms with van der Waals surface area (Å²) < 4.78 is 30.9. The molecule has 0 unspecified atom stereocenters. The van der Waals surface area contributed by atoms with E-state index < -0.39 is 15.8 Å². The summed E-state index contributed by atoms with van der Waals surface area (Å²) in [6, 6.07) is 11.0. The minimum atomic E-state index is -3.60. The number of carboxylic acids is 1. The van der Waals surface area contributed by atoms with Crippen LogP contribution < -0.4 is 4.74 Å². The van der Waals surface area contributed by atoms with E-state index >= 15 is 0 Å². The molecule has 26 heavy (non-hydrogen) atoms. The van der Waals surface area contributed by atoms with Crippen molar-refractivity contribution in [3.63, 3.8) is 0 Å². The molecule has 3 rings (SSSR count). The van der Waals surface area contributed by atoms with Gasteiger partial charge >= 0.3 is 5.97 Å². The normalized spacial score (nSPS) is 11.3. The van der Waals surface area contributed by atoms with Crippen LogP contribution in [0.3, 0.4) is 0 Å². The molecule has 0 bridgehead atoms. The molecule has 0 aliphatic carbocycles. The molecule has 0 saturated heterocycles. The number of sulfone groups is 1. The maximum atomic E-state index is 12.8. The zero-order valence-corrected chi connectivity index (χ0v) is 15.4. The molecule has 0 saturated carbocycles. The number of methoxy groups -OCH3 is 1. The Morgan fingerprint density at radius 1 is 1.19 bits per heavy atom. The lowest BCUT2D eigenvalue weighted by Crippen LogP contribution is -2.09. The van der Waals surface area contributed by atoms with Gasteiger partial charge in [0.15, 0.2) is 9.84 Å². The summed E-state index contributed by atoms with van der Waals surface area (Å²) in [4.78, 5) is 16.4. The molecule has 3 aromatic rings. The van der Waals surface area contributed by atoms with Gasteiger partial charge in [-0.25, -0.2) is 13.2 Å². The average Bonchev–Trinajstić information content (AvgIpc) is 3.15. The van der Waals surface area contributed by atoms with Crippen LogP contribution in [0.5, 0.6) is 5.75 Å². The maximum Gasteiger partial charge on any atom is 0.339 e. The van der Waals surface area contributed by atoms with Gasteiger partial charge in [0.1, 0.15) is 11.3 Å². The van der Waals surface area contributed by atoms with Gasteiger partial charge in [0, 0.05) is 11.8 Å². The van der Waals surface area contributed by atoms with Crippen molar-refractivity contribution in [1.82, 2.24) is 4.98 Å². The van der Waals surface area contributed by atoms with Crippen molar-refractivity contribution in [3.05, 3.63) is 65.3 Å². The molecule has 6 nitrogen and oxygen atoms in total. The first-order chi connectivity index (χ1) is 12.4. The highest BCUT2D eigenvalue weighted by atomic mass is 32.2. The number of hydrogen-bond acceptors (Lipinski definition) is 6. The number of hydrogen-bond donors (Lipinski definition) is 1. The van der Waals surface area contributed by atoms with Gasteiger partial charge in [-0.05, 0) is 23.8 Å². The predicted octanol–water partition coefficient (Wildman–Crippen LogP) is 3.49. The molecule has 0 aliphatic heterocycles. The Labute approximate surface area is 154 Å². The fourth-order valence-corrected chi connectivity index (χ4v) is 4.74.